The van der Waals surface area contributed by atoms with E-state index in [0.29, 0.717) is 13.0 Å². The van der Waals surface area contributed by atoms with E-state index in [4.69, 9.17) is 23.2 Å². The number of sulfonamides is 1. The number of benzene rings is 3. The molecule has 1 N–H and O–H groups in total. The van der Waals surface area contributed by atoms with Gasteiger partial charge in [0.25, 0.3) is 10.0 Å². The third-order valence-corrected chi connectivity index (χ3v) is 8.24. The van der Waals surface area contributed by atoms with E-state index in [1.165, 1.54) is 35.2 Å². The summed E-state index contributed by atoms with van der Waals surface area (Å²) >= 11 is 12.4. The van der Waals surface area contributed by atoms with Crippen LogP contribution in [0.1, 0.15) is 32.8 Å². The Balaban J connectivity index is 2.05. The van der Waals surface area contributed by atoms with Gasteiger partial charge < -0.3 is 10.2 Å². The van der Waals surface area contributed by atoms with Crippen molar-refractivity contribution in [2.75, 3.05) is 17.4 Å². The molecule has 1 atom stereocenters. The topological polar surface area (TPSA) is 86.8 Å². The number of carbonyl (C=O) groups excluding carboxylic acids is 2. The molecule has 0 heterocycles. The summed E-state index contributed by atoms with van der Waals surface area (Å²) in [4.78, 5) is 28.6. The zero-order chi connectivity index (χ0) is 28.6. The highest BCUT2D eigenvalue weighted by Gasteiger charge is 2.33. The standard InChI is InChI=1S/C29H33Cl2N3O4S/c1-4-27(29(36)32-18-21(2)3)33(19-22-11-7-5-8-12-22)28(35)20-34(25-16-23(30)15-24(31)17-25)39(37,38)26-13-9-6-10-14-26/h5-17,21,27H,4,18-20H2,1-3H3,(H,32,36)/t27-/m0/s1. The minimum absolute atomic E-state index is 0.00484. The quantitative estimate of drug-likeness (QED) is 0.290. The summed E-state index contributed by atoms with van der Waals surface area (Å²) in [6, 6.07) is 20.6. The third kappa shape index (κ3) is 8.21. The van der Waals surface area contributed by atoms with Gasteiger partial charge >= 0.3 is 0 Å². The van der Waals surface area contributed by atoms with Crippen LogP contribution < -0.4 is 9.62 Å². The third-order valence-electron chi connectivity index (χ3n) is 6.01. The van der Waals surface area contributed by atoms with Gasteiger partial charge in [0.15, 0.2) is 0 Å². The molecule has 0 aliphatic rings. The zero-order valence-electron chi connectivity index (χ0n) is 22.2. The highest BCUT2D eigenvalue weighted by atomic mass is 35.5. The second-order valence-corrected chi connectivity index (χ2v) is 12.3. The molecule has 3 aromatic carbocycles. The van der Waals surface area contributed by atoms with Crippen LogP contribution in [0.2, 0.25) is 10.0 Å². The van der Waals surface area contributed by atoms with Gasteiger partial charge in [-0.15, -0.1) is 0 Å². The van der Waals surface area contributed by atoms with Gasteiger partial charge in [-0.2, -0.15) is 0 Å². The maximum atomic E-state index is 14.0. The molecular formula is C29H33Cl2N3O4S. The van der Waals surface area contributed by atoms with E-state index >= 15 is 0 Å². The zero-order valence-corrected chi connectivity index (χ0v) is 24.5. The van der Waals surface area contributed by atoms with Crippen molar-refractivity contribution >= 4 is 50.7 Å². The fraction of sp³-hybridized carbons (Fsp3) is 0.310. The van der Waals surface area contributed by atoms with Crippen molar-refractivity contribution in [3.63, 3.8) is 0 Å². The fourth-order valence-electron chi connectivity index (χ4n) is 4.05. The molecule has 0 bridgehead atoms. The molecule has 3 aromatic rings. The number of halogens is 2. The summed E-state index contributed by atoms with van der Waals surface area (Å²) in [5.74, 6) is -0.608. The Kier molecular flexibility index (Phi) is 10.8. The molecule has 0 spiro atoms. The monoisotopic (exact) mass is 589 g/mol. The molecule has 0 aliphatic carbocycles. The Morgan fingerprint density at radius 1 is 0.897 bits per heavy atom. The SMILES string of the molecule is CC[C@@H](C(=O)NCC(C)C)N(Cc1ccccc1)C(=O)CN(c1cc(Cl)cc(Cl)c1)S(=O)(=O)c1ccccc1. The second kappa shape index (κ2) is 13.8. The van der Waals surface area contributed by atoms with Crippen LogP contribution in [0.3, 0.4) is 0 Å². The lowest BCUT2D eigenvalue weighted by molar-refractivity contribution is -0.140. The van der Waals surface area contributed by atoms with E-state index in [9.17, 15) is 18.0 Å². The number of hydrogen-bond donors (Lipinski definition) is 1. The highest BCUT2D eigenvalue weighted by molar-refractivity contribution is 7.92. The molecule has 0 fully saturated rings. The van der Waals surface area contributed by atoms with E-state index in [0.717, 1.165) is 9.87 Å². The predicted molar refractivity (Wildman–Crippen MR) is 156 cm³/mol. The Morgan fingerprint density at radius 2 is 1.46 bits per heavy atom. The van der Waals surface area contributed by atoms with Crippen molar-refractivity contribution in [1.29, 1.82) is 0 Å². The van der Waals surface area contributed by atoms with Gasteiger partial charge in [0.2, 0.25) is 11.8 Å². The Bertz CT molecular complexity index is 1350. The van der Waals surface area contributed by atoms with Crippen LogP contribution in [-0.2, 0) is 26.2 Å². The summed E-state index contributed by atoms with van der Waals surface area (Å²) in [5.41, 5.74) is 0.950. The number of rotatable bonds is 12. The predicted octanol–water partition coefficient (Wildman–Crippen LogP) is 5.77. The lowest BCUT2D eigenvalue weighted by Gasteiger charge is -2.33. The number of hydrogen-bond acceptors (Lipinski definition) is 4. The Morgan fingerprint density at radius 3 is 2.00 bits per heavy atom. The highest BCUT2D eigenvalue weighted by Crippen LogP contribution is 2.30. The molecule has 3 rings (SSSR count). The summed E-state index contributed by atoms with van der Waals surface area (Å²) in [6.45, 7) is 5.81. The molecule has 39 heavy (non-hydrogen) atoms. The number of anilines is 1. The first-order valence-electron chi connectivity index (χ1n) is 12.7. The van der Waals surface area contributed by atoms with Crippen LogP contribution in [-0.4, -0.2) is 44.3 Å². The van der Waals surface area contributed by atoms with Crippen molar-refractivity contribution in [1.82, 2.24) is 10.2 Å². The smallest absolute Gasteiger partial charge is 0.264 e. The van der Waals surface area contributed by atoms with Crippen molar-refractivity contribution in [2.24, 2.45) is 5.92 Å². The van der Waals surface area contributed by atoms with Gasteiger partial charge in [0.05, 0.1) is 10.6 Å². The number of amides is 2. The maximum Gasteiger partial charge on any atom is 0.264 e. The first kappa shape index (κ1) is 30.5. The molecule has 208 valence electrons. The minimum atomic E-state index is -4.20. The lowest BCUT2D eigenvalue weighted by atomic mass is 10.1. The number of nitrogens with zero attached hydrogens (tertiary/aromatic N) is 2. The largest absolute Gasteiger partial charge is 0.354 e. The van der Waals surface area contributed by atoms with Crippen molar-refractivity contribution in [2.45, 2.75) is 44.7 Å². The average molecular weight is 591 g/mol. The molecule has 7 nitrogen and oxygen atoms in total. The summed E-state index contributed by atoms with van der Waals surface area (Å²) in [5, 5.41) is 3.35. The number of nitrogens with one attached hydrogen (secondary N) is 1. The summed E-state index contributed by atoms with van der Waals surface area (Å²) in [7, 11) is -4.20. The average Bonchev–Trinajstić information content (AvgIpc) is 2.90. The molecule has 0 aliphatic heterocycles. The molecular weight excluding hydrogens is 557 g/mol. The van der Waals surface area contributed by atoms with E-state index in [2.05, 4.69) is 5.32 Å². The van der Waals surface area contributed by atoms with Crippen molar-refractivity contribution in [3.8, 4) is 0 Å². The van der Waals surface area contributed by atoms with Crippen LogP contribution >= 0.6 is 23.2 Å². The van der Waals surface area contributed by atoms with Crippen molar-refractivity contribution in [3.05, 3.63) is 94.5 Å². The summed E-state index contributed by atoms with van der Waals surface area (Å²) < 4.78 is 28.6. The molecule has 0 saturated heterocycles. The van der Waals surface area contributed by atoms with Crippen LogP contribution in [0.15, 0.2) is 83.8 Å². The molecule has 0 unspecified atom stereocenters. The minimum Gasteiger partial charge on any atom is -0.354 e. The van der Waals surface area contributed by atoms with E-state index in [1.807, 2.05) is 51.1 Å². The fourth-order valence-corrected chi connectivity index (χ4v) is 5.99. The van der Waals surface area contributed by atoms with Gasteiger partial charge in [0, 0.05) is 23.1 Å². The molecule has 0 saturated carbocycles. The normalized spacial score (nSPS) is 12.2. The Hall–Kier alpha value is -3.07. The molecule has 10 heteroatoms. The Labute approximate surface area is 240 Å². The van der Waals surface area contributed by atoms with Gasteiger partial charge in [-0.25, -0.2) is 8.42 Å². The first-order valence-corrected chi connectivity index (χ1v) is 14.9. The second-order valence-electron chi connectivity index (χ2n) is 9.52. The first-order chi connectivity index (χ1) is 18.5. The van der Waals surface area contributed by atoms with Crippen LogP contribution in [0.25, 0.3) is 0 Å². The summed E-state index contributed by atoms with van der Waals surface area (Å²) in [6.07, 6.45) is 0.344. The van der Waals surface area contributed by atoms with Crippen LogP contribution in [0.5, 0.6) is 0 Å². The van der Waals surface area contributed by atoms with E-state index in [-0.39, 0.29) is 39.0 Å². The molecule has 2 amide bonds. The van der Waals surface area contributed by atoms with E-state index < -0.39 is 28.5 Å². The molecule has 0 radical (unpaired) electrons. The van der Waals surface area contributed by atoms with E-state index in [1.54, 1.807) is 18.2 Å². The maximum absolute atomic E-state index is 14.0. The van der Waals surface area contributed by atoms with Crippen LogP contribution in [0.4, 0.5) is 5.69 Å². The van der Waals surface area contributed by atoms with Gasteiger partial charge in [-0.3, -0.25) is 13.9 Å². The van der Waals surface area contributed by atoms with Crippen LogP contribution in [0, 0.1) is 5.92 Å². The van der Waals surface area contributed by atoms with Gasteiger partial charge in [-0.1, -0.05) is 92.5 Å². The van der Waals surface area contributed by atoms with Gasteiger partial charge in [0.1, 0.15) is 12.6 Å². The lowest BCUT2D eigenvalue weighted by Crippen LogP contribution is -2.52. The molecule has 0 aromatic heterocycles. The number of carbonyl (C=O) groups is 2. The van der Waals surface area contributed by atoms with Crippen molar-refractivity contribution < 1.29 is 18.0 Å². The van der Waals surface area contributed by atoms with Gasteiger partial charge in [-0.05, 0) is 48.2 Å².